The summed E-state index contributed by atoms with van der Waals surface area (Å²) < 4.78 is 8.51. The fourth-order valence-electron chi connectivity index (χ4n) is 2.65. The molecule has 1 aliphatic rings. The summed E-state index contributed by atoms with van der Waals surface area (Å²) >= 11 is 0. The molecule has 1 fully saturated rings. The van der Waals surface area contributed by atoms with E-state index in [2.05, 4.69) is 25.4 Å². The summed E-state index contributed by atoms with van der Waals surface area (Å²) in [5.74, 6) is -0.117. The van der Waals surface area contributed by atoms with Gasteiger partial charge >= 0.3 is 0 Å². The van der Waals surface area contributed by atoms with Crippen molar-refractivity contribution in [1.29, 1.82) is 0 Å². The number of aromatic nitrogens is 5. The van der Waals surface area contributed by atoms with Gasteiger partial charge < -0.3 is 15.0 Å². The topological polar surface area (TPSA) is 107 Å². The Morgan fingerprint density at radius 1 is 1.44 bits per heavy atom. The first-order valence-electron chi connectivity index (χ1n) is 8.11. The van der Waals surface area contributed by atoms with Gasteiger partial charge in [-0.25, -0.2) is 14.3 Å². The van der Waals surface area contributed by atoms with Gasteiger partial charge in [-0.2, -0.15) is 10.2 Å². The van der Waals surface area contributed by atoms with Gasteiger partial charge in [0.15, 0.2) is 0 Å². The molecular weight excluding hydrogens is 326 g/mol. The highest BCUT2D eigenvalue weighted by molar-refractivity contribution is 5.75. The molecule has 0 radical (unpaired) electrons. The number of anilines is 1. The SMILES string of the molecule is Cn1ncc(N2CCO[C@@H](CCNC(=O)Cn3cncn3)C2)cc1=O. The maximum Gasteiger partial charge on any atom is 0.268 e. The van der Waals surface area contributed by atoms with E-state index in [1.54, 1.807) is 19.3 Å². The quantitative estimate of drug-likeness (QED) is 0.698. The second kappa shape index (κ2) is 7.88. The van der Waals surface area contributed by atoms with Crippen LogP contribution in [0.4, 0.5) is 5.69 Å². The Morgan fingerprint density at radius 2 is 2.32 bits per heavy atom. The molecule has 0 spiro atoms. The number of amides is 1. The van der Waals surface area contributed by atoms with Crippen molar-refractivity contribution in [3.05, 3.63) is 35.3 Å². The van der Waals surface area contributed by atoms with Gasteiger partial charge in [-0.3, -0.25) is 9.59 Å². The van der Waals surface area contributed by atoms with Crippen LogP contribution in [0, 0.1) is 0 Å². The van der Waals surface area contributed by atoms with Crippen molar-refractivity contribution in [3.8, 4) is 0 Å². The van der Waals surface area contributed by atoms with Crippen LogP contribution in [0.5, 0.6) is 0 Å². The van der Waals surface area contributed by atoms with Gasteiger partial charge in [0.05, 0.1) is 24.6 Å². The van der Waals surface area contributed by atoms with Crippen LogP contribution in [0.1, 0.15) is 6.42 Å². The molecule has 2 aromatic rings. The first-order chi connectivity index (χ1) is 12.1. The number of hydrogen-bond donors (Lipinski definition) is 1. The summed E-state index contributed by atoms with van der Waals surface area (Å²) in [4.78, 5) is 29.4. The molecule has 1 N–H and O–H groups in total. The van der Waals surface area contributed by atoms with Gasteiger partial charge in [0.25, 0.3) is 5.56 Å². The standard InChI is InChI=1S/C15H21N7O3/c1-20-15(24)6-12(7-18-20)21-4-5-25-13(8-21)2-3-17-14(23)9-22-11-16-10-19-22/h6-7,10-11,13H,2-5,8-9H2,1H3,(H,17,23)/t13-/m0/s1. The summed E-state index contributed by atoms with van der Waals surface area (Å²) in [5, 5.41) is 10.8. The Balaban J connectivity index is 1.46. The lowest BCUT2D eigenvalue weighted by Gasteiger charge is -2.34. The largest absolute Gasteiger partial charge is 0.374 e. The van der Waals surface area contributed by atoms with Crippen molar-refractivity contribution < 1.29 is 9.53 Å². The van der Waals surface area contributed by atoms with Crippen LogP contribution in [0.3, 0.4) is 0 Å². The second-order valence-electron chi connectivity index (χ2n) is 5.85. The first-order valence-corrected chi connectivity index (χ1v) is 8.11. The highest BCUT2D eigenvalue weighted by Crippen LogP contribution is 2.16. The number of hydrogen-bond acceptors (Lipinski definition) is 7. The molecule has 2 aromatic heterocycles. The maximum atomic E-state index is 11.8. The predicted molar refractivity (Wildman–Crippen MR) is 89.1 cm³/mol. The smallest absolute Gasteiger partial charge is 0.268 e. The zero-order chi connectivity index (χ0) is 17.6. The summed E-state index contributed by atoms with van der Waals surface area (Å²) in [7, 11) is 1.62. The molecule has 0 unspecified atom stereocenters. The molecule has 0 saturated carbocycles. The van der Waals surface area contributed by atoms with Gasteiger partial charge in [0.2, 0.25) is 5.91 Å². The number of carbonyl (C=O) groups excluding carboxylic acids is 1. The Morgan fingerprint density at radius 3 is 3.08 bits per heavy atom. The van der Waals surface area contributed by atoms with E-state index in [0.717, 1.165) is 5.69 Å². The minimum Gasteiger partial charge on any atom is -0.374 e. The summed E-state index contributed by atoms with van der Waals surface area (Å²) in [6.07, 6.45) is 5.26. The summed E-state index contributed by atoms with van der Waals surface area (Å²) in [5.41, 5.74) is 0.660. The van der Waals surface area contributed by atoms with Crippen molar-refractivity contribution in [2.75, 3.05) is 31.1 Å². The van der Waals surface area contributed by atoms with Gasteiger partial charge in [-0.1, -0.05) is 0 Å². The number of morpholine rings is 1. The first kappa shape index (κ1) is 17.1. The molecule has 0 aromatic carbocycles. The molecule has 134 valence electrons. The van der Waals surface area contributed by atoms with E-state index in [-0.39, 0.29) is 24.1 Å². The van der Waals surface area contributed by atoms with E-state index >= 15 is 0 Å². The fourth-order valence-corrected chi connectivity index (χ4v) is 2.65. The second-order valence-corrected chi connectivity index (χ2v) is 5.85. The van der Waals surface area contributed by atoms with E-state index in [1.165, 1.54) is 22.0 Å². The van der Waals surface area contributed by atoms with Crippen LogP contribution >= 0.6 is 0 Å². The van der Waals surface area contributed by atoms with Gasteiger partial charge in [0, 0.05) is 32.7 Å². The lowest BCUT2D eigenvalue weighted by molar-refractivity contribution is -0.122. The molecule has 1 atom stereocenters. The molecule has 3 heterocycles. The lowest BCUT2D eigenvalue weighted by Crippen LogP contribution is -2.44. The molecule has 10 heteroatoms. The molecule has 1 saturated heterocycles. The fraction of sp³-hybridized carbons (Fsp3) is 0.533. The van der Waals surface area contributed by atoms with Crippen LogP contribution in [-0.4, -0.2) is 62.8 Å². The monoisotopic (exact) mass is 347 g/mol. The average molecular weight is 347 g/mol. The van der Waals surface area contributed by atoms with Crippen molar-refractivity contribution in [2.45, 2.75) is 19.1 Å². The molecule has 25 heavy (non-hydrogen) atoms. The summed E-state index contributed by atoms with van der Waals surface area (Å²) in [6, 6.07) is 1.58. The number of aryl methyl sites for hydroxylation is 1. The molecule has 10 nitrogen and oxygen atoms in total. The zero-order valence-corrected chi connectivity index (χ0v) is 14.0. The normalized spacial score (nSPS) is 17.5. The van der Waals surface area contributed by atoms with Gasteiger partial charge in [-0.05, 0) is 6.42 Å². The highest BCUT2D eigenvalue weighted by Gasteiger charge is 2.21. The van der Waals surface area contributed by atoms with Gasteiger partial charge in [-0.15, -0.1) is 0 Å². The number of nitrogens with one attached hydrogen (secondary N) is 1. The Labute approximate surface area is 144 Å². The van der Waals surface area contributed by atoms with Crippen LogP contribution in [0.2, 0.25) is 0 Å². The Kier molecular flexibility index (Phi) is 5.39. The van der Waals surface area contributed by atoms with E-state index in [4.69, 9.17) is 4.74 Å². The van der Waals surface area contributed by atoms with Gasteiger partial charge in [0.1, 0.15) is 19.2 Å². The molecule has 3 rings (SSSR count). The van der Waals surface area contributed by atoms with E-state index in [9.17, 15) is 9.59 Å². The minimum absolute atomic E-state index is 0.00974. The Hall–Kier alpha value is -2.75. The summed E-state index contributed by atoms with van der Waals surface area (Å²) in [6.45, 7) is 2.61. The van der Waals surface area contributed by atoms with Crippen LogP contribution < -0.4 is 15.8 Å². The van der Waals surface area contributed by atoms with Crippen molar-refractivity contribution >= 4 is 11.6 Å². The third-order valence-electron chi connectivity index (χ3n) is 4.02. The number of carbonyl (C=O) groups is 1. The maximum absolute atomic E-state index is 11.8. The lowest BCUT2D eigenvalue weighted by atomic mass is 10.2. The predicted octanol–water partition coefficient (Wildman–Crippen LogP) is -1.22. The van der Waals surface area contributed by atoms with Crippen molar-refractivity contribution in [3.63, 3.8) is 0 Å². The molecule has 0 bridgehead atoms. The van der Waals surface area contributed by atoms with E-state index < -0.39 is 0 Å². The Bertz CT molecular complexity index is 759. The minimum atomic E-state index is -0.138. The third-order valence-corrected chi connectivity index (χ3v) is 4.02. The molecule has 0 aliphatic carbocycles. The molecule has 1 aliphatic heterocycles. The third kappa shape index (κ3) is 4.63. The average Bonchev–Trinajstić information content (AvgIpc) is 3.10. The van der Waals surface area contributed by atoms with E-state index in [1.807, 2.05) is 0 Å². The number of nitrogens with zero attached hydrogens (tertiary/aromatic N) is 6. The highest BCUT2D eigenvalue weighted by atomic mass is 16.5. The zero-order valence-electron chi connectivity index (χ0n) is 14.0. The number of rotatable bonds is 6. The van der Waals surface area contributed by atoms with Crippen molar-refractivity contribution in [2.24, 2.45) is 7.05 Å². The molecule has 1 amide bonds. The van der Waals surface area contributed by atoms with Crippen LogP contribution in [0.25, 0.3) is 0 Å². The van der Waals surface area contributed by atoms with Crippen LogP contribution in [0.15, 0.2) is 29.7 Å². The number of ether oxygens (including phenoxy) is 1. The molecular formula is C15H21N7O3. The van der Waals surface area contributed by atoms with Crippen molar-refractivity contribution in [1.82, 2.24) is 29.9 Å². The van der Waals surface area contributed by atoms with E-state index in [0.29, 0.717) is 32.7 Å². The van der Waals surface area contributed by atoms with Crippen LogP contribution in [-0.2, 0) is 23.1 Å².